The molecule has 6 nitrogen and oxygen atoms in total. The smallest absolute Gasteiger partial charge is 0.335 e. The molecule has 0 saturated carbocycles. The summed E-state index contributed by atoms with van der Waals surface area (Å²) in [6, 6.07) is 11.2. The number of nitrogens with zero attached hydrogens (tertiary/aromatic N) is 2. The minimum atomic E-state index is -1.19. The molecular formula is C15H14N2O4. The molecule has 6 heteroatoms. The van der Waals surface area contributed by atoms with Gasteiger partial charge in [-0.25, -0.2) is 4.79 Å². The van der Waals surface area contributed by atoms with Crippen LogP contribution in [-0.4, -0.2) is 30.1 Å². The van der Waals surface area contributed by atoms with Crippen molar-refractivity contribution in [3.05, 3.63) is 58.1 Å². The monoisotopic (exact) mass is 286 g/mol. The molecule has 0 aromatic heterocycles. The number of carbonyl (C=O) groups is 1. The van der Waals surface area contributed by atoms with E-state index < -0.39 is 10.9 Å². The summed E-state index contributed by atoms with van der Waals surface area (Å²) in [5.74, 6) is -1.19. The second kappa shape index (κ2) is 5.62. The molecule has 0 aliphatic rings. The highest BCUT2D eigenvalue weighted by Crippen LogP contribution is 2.31. The predicted octanol–water partition coefficient (Wildman–Crippen LogP) is 3.03. The van der Waals surface area contributed by atoms with Crippen LogP contribution >= 0.6 is 0 Å². The quantitative estimate of drug-likeness (QED) is 0.690. The molecule has 1 N–H and O–H groups in total. The molecule has 0 aliphatic heterocycles. The van der Waals surface area contributed by atoms with Crippen LogP contribution in [0.15, 0.2) is 42.5 Å². The summed E-state index contributed by atoms with van der Waals surface area (Å²) in [6.45, 7) is 0. The number of carboxylic acids is 1. The molecule has 108 valence electrons. The molecule has 0 bridgehead atoms. The van der Waals surface area contributed by atoms with Crippen molar-refractivity contribution in [3.63, 3.8) is 0 Å². The van der Waals surface area contributed by atoms with E-state index in [0.717, 1.165) is 11.8 Å². The van der Waals surface area contributed by atoms with Gasteiger partial charge in [-0.15, -0.1) is 0 Å². The molecule has 0 fully saturated rings. The van der Waals surface area contributed by atoms with Crippen molar-refractivity contribution in [2.75, 3.05) is 19.0 Å². The summed E-state index contributed by atoms with van der Waals surface area (Å²) in [5.41, 5.74) is 1.73. The topological polar surface area (TPSA) is 83.7 Å². The minimum Gasteiger partial charge on any atom is -0.478 e. The first-order valence-corrected chi connectivity index (χ1v) is 6.19. The lowest BCUT2D eigenvalue weighted by atomic mass is 10.0. The summed E-state index contributed by atoms with van der Waals surface area (Å²) in [6.07, 6.45) is 0. The highest BCUT2D eigenvalue weighted by molar-refractivity contribution is 5.90. The van der Waals surface area contributed by atoms with E-state index >= 15 is 0 Å². The maximum Gasteiger partial charge on any atom is 0.335 e. The Morgan fingerprint density at radius 2 is 1.76 bits per heavy atom. The number of aromatic carboxylic acids is 1. The number of anilines is 1. The third kappa shape index (κ3) is 3.00. The molecule has 2 rings (SSSR count). The van der Waals surface area contributed by atoms with Gasteiger partial charge in [-0.2, -0.15) is 0 Å². The lowest BCUT2D eigenvalue weighted by Gasteiger charge is -2.12. The predicted molar refractivity (Wildman–Crippen MR) is 79.8 cm³/mol. The molecule has 0 atom stereocenters. The Morgan fingerprint density at radius 3 is 2.24 bits per heavy atom. The van der Waals surface area contributed by atoms with Crippen LogP contribution in [0.2, 0.25) is 0 Å². The zero-order chi connectivity index (χ0) is 15.6. The number of carboxylic acid groups (broad SMARTS) is 1. The van der Waals surface area contributed by atoms with E-state index in [1.165, 1.54) is 12.1 Å². The van der Waals surface area contributed by atoms with Crippen LogP contribution < -0.4 is 4.90 Å². The number of benzene rings is 2. The molecule has 0 spiro atoms. The second-order valence-corrected chi connectivity index (χ2v) is 4.74. The molecule has 2 aromatic rings. The average molecular weight is 286 g/mol. The first-order valence-electron chi connectivity index (χ1n) is 6.19. The van der Waals surface area contributed by atoms with Gasteiger partial charge in [0.05, 0.1) is 16.1 Å². The third-order valence-electron chi connectivity index (χ3n) is 3.14. The number of nitro benzene ring substituents is 1. The number of nitro groups is 1. The van der Waals surface area contributed by atoms with Gasteiger partial charge in [0, 0.05) is 25.8 Å². The van der Waals surface area contributed by atoms with Crippen molar-refractivity contribution >= 4 is 17.3 Å². The zero-order valence-electron chi connectivity index (χ0n) is 11.6. The van der Waals surface area contributed by atoms with Crippen molar-refractivity contribution in [2.45, 2.75) is 0 Å². The molecule has 2 aromatic carbocycles. The lowest BCUT2D eigenvalue weighted by Crippen LogP contribution is -2.08. The van der Waals surface area contributed by atoms with E-state index in [9.17, 15) is 14.9 Å². The van der Waals surface area contributed by atoms with Crippen molar-refractivity contribution < 1.29 is 14.8 Å². The fraction of sp³-hybridized carbons (Fsp3) is 0.133. The van der Waals surface area contributed by atoms with E-state index in [-0.39, 0.29) is 11.3 Å². The summed E-state index contributed by atoms with van der Waals surface area (Å²) in [5, 5.41) is 20.1. The maximum absolute atomic E-state index is 11.1. The van der Waals surface area contributed by atoms with E-state index in [1.54, 1.807) is 12.1 Å². The first kappa shape index (κ1) is 14.5. The Morgan fingerprint density at radius 1 is 1.14 bits per heavy atom. The van der Waals surface area contributed by atoms with Gasteiger partial charge in [-0.3, -0.25) is 10.1 Å². The lowest BCUT2D eigenvalue weighted by molar-refractivity contribution is -0.384. The van der Waals surface area contributed by atoms with Gasteiger partial charge in [0.25, 0.3) is 5.69 Å². The van der Waals surface area contributed by atoms with Crippen LogP contribution in [0.25, 0.3) is 11.1 Å². The zero-order valence-corrected chi connectivity index (χ0v) is 11.6. The highest BCUT2D eigenvalue weighted by Gasteiger charge is 2.18. The molecule has 0 aliphatic carbocycles. The fourth-order valence-corrected chi connectivity index (χ4v) is 2.00. The van der Waals surface area contributed by atoms with E-state index in [1.807, 2.05) is 31.1 Å². The van der Waals surface area contributed by atoms with Gasteiger partial charge in [0.1, 0.15) is 0 Å². The Bertz CT molecular complexity index is 693. The van der Waals surface area contributed by atoms with Crippen LogP contribution in [-0.2, 0) is 0 Å². The van der Waals surface area contributed by atoms with E-state index in [0.29, 0.717) is 11.1 Å². The van der Waals surface area contributed by atoms with Gasteiger partial charge in [-0.1, -0.05) is 12.1 Å². The summed E-state index contributed by atoms with van der Waals surface area (Å²) in [7, 11) is 3.80. The van der Waals surface area contributed by atoms with Crippen molar-refractivity contribution in [2.24, 2.45) is 0 Å². The Balaban J connectivity index is 2.52. The van der Waals surface area contributed by atoms with Crippen LogP contribution in [0.1, 0.15) is 10.4 Å². The van der Waals surface area contributed by atoms with Gasteiger partial charge in [-0.05, 0) is 29.8 Å². The molecule has 0 heterocycles. The number of hydrogen-bond acceptors (Lipinski definition) is 4. The van der Waals surface area contributed by atoms with Crippen LogP contribution in [0.5, 0.6) is 0 Å². The Hall–Kier alpha value is -2.89. The van der Waals surface area contributed by atoms with Gasteiger partial charge < -0.3 is 10.0 Å². The molecular weight excluding hydrogens is 272 g/mol. The Kier molecular flexibility index (Phi) is 3.89. The van der Waals surface area contributed by atoms with Crippen molar-refractivity contribution in [1.82, 2.24) is 0 Å². The fourth-order valence-electron chi connectivity index (χ4n) is 2.00. The summed E-state index contributed by atoms with van der Waals surface area (Å²) >= 11 is 0. The molecule has 0 saturated heterocycles. The van der Waals surface area contributed by atoms with Crippen LogP contribution in [0.3, 0.4) is 0 Å². The molecule has 0 radical (unpaired) electrons. The molecule has 21 heavy (non-hydrogen) atoms. The second-order valence-electron chi connectivity index (χ2n) is 4.74. The van der Waals surface area contributed by atoms with Gasteiger partial charge in [0.2, 0.25) is 0 Å². The van der Waals surface area contributed by atoms with Crippen LogP contribution in [0, 0.1) is 10.1 Å². The number of hydrogen-bond donors (Lipinski definition) is 1. The SMILES string of the molecule is CN(C)c1ccc(-c2ccc(C(=O)O)cc2[N+](=O)[O-])cc1. The summed E-state index contributed by atoms with van der Waals surface area (Å²) in [4.78, 5) is 23.4. The Labute approximate surface area is 121 Å². The first-order chi connectivity index (χ1) is 9.90. The van der Waals surface area contributed by atoms with Crippen molar-refractivity contribution in [1.29, 1.82) is 0 Å². The summed E-state index contributed by atoms with van der Waals surface area (Å²) < 4.78 is 0. The minimum absolute atomic E-state index is 0.102. The highest BCUT2D eigenvalue weighted by atomic mass is 16.6. The molecule has 0 unspecified atom stereocenters. The third-order valence-corrected chi connectivity index (χ3v) is 3.14. The van der Waals surface area contributed by atoms with Gasteiger partial charge in [0.15, 0.2) is 0 Å². The van der Waals surface area contributed by atoms with E-state index in [2.05, 4.69) is 0 Å². The standard InChI is InChI=1S/C15H14N2O4/c1-16(2)12-6-3-10(4-7-12)13-8-5-11(15(18)19)9-14(13)17(20)21/h3-9H,1-2H3,(H,18,19). The normalized spacial score (nSPS) is 10.2. The van der Waals surface area contributed by atoms with Gasteiger partial charge >= 0.3 is 5.97 Å². The maximum atomic E-state index is 11.1. The largest absolute Gasteiger partial charge is 0.478 e. The van der Waals surface area contributed by atoms with Crippen molar-refractivity contribution in [3.8, 4) is 11.1 Å². The van der Waals surface area contributed by atoms with E-state index in [4.69, 9.17) is 5.11 Å². The van der Waals surface area contributed by atoms with Crippen LogP contribution in [0.4, 0.5) is 11.4 Å². The number of rotatable bonds is 4. The molecule has 0 amide bonds. The average Bonchev–Trinajstić information content (AvgIpc) is 2.46.